The number of ether oxygens (including phenoxy) is 1. The van der Waals surface area contributed by atoms with Crippen LogP contribution in [0.2, 0.25) is 0 Å². The van der Waals surface area contributed by atoms with Gasteiger partial charge in [-0.25, -0.2) is 0 Å². The lowest BCUT2D eigenvalue weighted by atomic mass is 10.1. The molecule has 1 aromatic carbocycles. The first kappa shape index (κ1) is 10.6. The third-order valence-corrected chi connectivity index (χ3v) is 4.18. The summed E-state index contributed by atoms with van der Waals surface area (Å²) in [5.41, 5.74) is 3.31. The number of hydrogen-bond acceptors (Lipinski definition) is 1. The van der Waals surface area contributed by atoms with Crippen molar-refractivity contribution in [1.29, 1.82) is 0 Å². The van der Waals surface area contributed by atoms with Gasteiger partial charge >= 0.3 is 0 Å². The van der Waals surface area contributed by atoms with Gasteiger partial charge in [-0.2, -0.15) is 0 Å². The molecule has 0 aliphatic carbocycles. The summed E-state index contributed by atoms with van der Waals surface area (Å²) in [6.45, 7) is 4.20. The SMILES string of the molecule is COc1c([SiH2]CCl)ccc(C)c1C. The Morgan fingerprint density at radius 2 is 2.08 bits per heavy atom. The van der Waals surface area contributed by atoms with E-state index in [0.29, 0.717) is 0 Å². The van der Waals surface area contributed by atoms with E-state index in [-0.39, 0.29) is 9.52 Å². The molecule has 0 N–H and O–H groups in total. The van der Waals surface area contributed by atoms with Gasteiger partial charge in [-0.15, -0.1) is 11.6 Å². The van der Waals surface area contributed by atoms with E-state index in [4.69, 9.17) is 16.3 Å². The third-order valence-electron chi connectivity index (χ3n) is 2.33. The molecule has 0 radical (unpaired) electrons. The summed E-state index contributed by atoms with van der Waals surface area (Å²) in [4.78, 5) is 0. The van der Waals surface area contributed by atoms with Gasteiger partial charge in [0, 0.05) is 5.50 Å². The number of rotatable bonds is 3. The van der Waals surface area contributed by atoms with E-state index in [2.05, 4.69) is 26.0 Å². The van der Waals surface area contributed by atoms with Crippen LogP contribution < -0.4 is 9.92 Å². The molecule has 72 valence electrons. The Morgan fingerprint density at radius 3 is 2.62 bits per heavy atom. The highest BCUT2D eigenvalue weighted by Gasteiger charge is 2.07. The van der Waals surface area contributed by atoms with Crippen molar-refractivity contribution in [1.82, 2.24) is 0 Å². The van der Waals surface area contributed by atoms with Crippen molar-refractivity contribution in [3.05, 3.63) is 23.3 Å². The second-order valence-electron chi connectivity index (χ2n) is 3.14. The molecule has 0 aliphatic heterocycles. The summed E-state index contributed by atoms with van der Waals surface area (Å²) in [5, 5.41) is 1.33. The van der Waals surface area contributed by atoms with Gasteiger partial charge in [-0.05, 0) is 30.2 Å². The zero-order valence-electron chi connectivity index (χ0n) is 8.36. The molecule has 0 aliphatic rings. The highest BCUT2D eigenvalue weighted by atomic mass is 35.5. The minimum absolute atomic E-state index is 0.338. The van der Waals surface area contributed by atoms with Crippen molar-refractivity contribution in [3.63, 3.8) is 0 Å². The number of aryl methyl sites for hydroxylation is 1. The third kappa shape index (κ3) is 2.26. The van der Waals surface area contributed by atoms with E-state index in [0.717, 1.165) is 11.3 Å². The van der Waals surface area contributed by atoms with E-state index in [9.17, 15) is 0 Å². The molecule has 1 nitrogen and oxygen atoms in total. The second-order valence-corrected chi connectivity index (χ2v) is 5.91. The summed E-state index contributed by atoms with van der Waals surface area (Å²) in [6.07, 6.45) is 0. The smallest absolute Gasteiger partial charge is 0.120 e. The second kappa shape index (κ2) is 4.68. The fourth-order valence-electron chi connectivity index (χ4n) is 1.43. The van der Waals surface area contributed by atoms with Crippen molar-refractivity contribution in [2.24, 2.45) is 0 Å². The number of hydrogen-bond donors (Lipinski definition) is 0. The number of benzene rings is 1. The molecule has 0 amide bonds. The molecule has 1 rings (SSSR count). The van der Waals surface area contributed by atoms with Gasteiger partial charge in [-0.3, -0.25) is 0 Å². The minimum atomic E-state index is -0.338. The fraction of sp³-hybridized carbons (Fsp3) is 0.400. The molecule has 1 aromatic rings. The Morgan fingerprint density at radius 1 is 1.38 bits per heavy atom. The molecule has 0 fully saturated rings. The number of halogens is 1. The van der Waals surface area contributed by atoms with Crippen LogP contribution in [-0.4, -0.2) is 22.1 Å². The summed E-state index contributed by atoms with van der Waals surface area (Å²) < 4.78 is 5.39. The van der Waals surface area contributed by atoms with Crippen LogP contribution in [0.3, 0.4) is 0 Å². The molecule has 13 heavy (non-hydrogen) atoms. The average Bonchev–Trinajstić information content (AvgIpc) is 2.12. The molecule has 0 spiro atoms. The van der Waals surface area contributed by atoms with E-state index in [1.807, 2.05) is 0 Å². The lowest BCUT2D eigenvalue weighted by Gasteiger charge is -2.12. The average molecular weight is 215 g/mol. The van der Waals surface area contributed by atoms with Gasteiger partial charge in [0.2, 0.25) is 0 Å². The molecule has 0 bridgehead atoms. The van der Waals surface area contributed by atoms with Gasteiger partial charge < -0.3 is 4.74 Å². The van der Waals surface area contributed by atoms with Crippen molar-refractivity contribution < 1.29 is 4.74 Å². The maximum atomic E-state index is 5.76. The maximum Gasteiger partial charge on any atom is 0.120 e. The van der Waals surface area contributed by atoms with Crippen LogP contribution in [0.4, 0.5) is 0 Å². The standard InChI is InChI=1S/C10H15ClOSi/c1-7-4-5-9(13-6-11)10(12-3)8(7)2/h4-5H,6,13H2,1-3H3. The molecule has 0 unspecified atom stereocenters. The minimum Gasteiger partial charge on any atom is -0.497 e. The lowest BCUT2D eigenvalue weighted by molar-refractivity contribution is 0.414. The number of alkyl halides is 1. The van der Waals surface area contributed by atoms with Gasteiger partial charge in [0.05, 0.1) is 16.6 Å². The highest BCUT2D eigenvalue weighted by molar-refractivity contribution is 6.63. The van der Waals surface area contributed by atoms with E-state index in [1.165, 1.54) is 16.3 Å². The summed E-state index contributed by atoms with van der Waals surface area (Å²) >= 11 is 5.76. The van der Waals surface area contributed by atoms with Gasteiger partial charge in [0.15, 0.2) is 0 Å². The van der Waals surface area contributed by atoms with Crippen LogP contribution in [-0.2, 0) is 0 Å². The maximum absolute atomic E-state index is 5.76. The Kier molecular flexibility index (Phi) is 3.82. The van der Waals surface area contributed by atoms with E-state index >= 15 is 0 Å². The van der Waals surface area contributed by atoms with E-state index in [1.54, 1.807) is 7.11 Å². The highest BCUT2D eigenvalue weighted by Crippen LogP contribution is 2.17. The van der Waals surface area contributed by atoms with Gasteiger partial charge in [-0.1, -0.05) is 12.1 Å². The zero-order valence-corrected chi connectivity index (χ0v) is 10.5. The Hall–Kier alpha value is -0.473. The van der Waals surface area contributed by atoms with Gasteiger partial charge in [0.25, 0.3) is 0 Å². The predicted octanol–water partition coefficient (Wildman–Crippen LogP) is 1.30. The first-order chi connectivity index (χ1) is 6.20. The summed E-state index contributed by atoms with van der Waals surface area (Å²) in [6, 6.07) is 4.29. The fourth-order valence-corrected chi connectivity index (χ4v) is 3.16. The quantitative estimate of drug-likeness (QED) is 0.545. The molecule has 0 saturated heterocycles. The molecule has 0 saturated carbocycles. The van der Waals surface area contributed by atoms with Crippen LogP contribution in [0.1, 0.15) is 11.1 Å². The normalized spacial score (nSPS) is 11.1. The predicted molar refractivity (Wildman–Crippen MR) is 61.4 cm³/mol. The largest absolute Gasteiger partial charge is 0.497 e. The summed E-state index contributed by atoms with van der Waals surface area (Å²) in [5.74, 6) is 1.05. The van der Waals surface area contributed by atoms with Crippen molar-refractivity contribution in [3.8, 4) is 5.75 Å². The topological polar surface area (TPSA) is 9.23 Å². The number of methoxy groups -OCH3 is 1. The molecular formula is C10H15ClOSi. The van der Waals surface area contributed by atoms with Crippen LogP contribution in [0.25, 0.3) is 0 Å². The first-order valence-electron chi connectivity index (χ1n) is 4.39. The molecular weight excluding hydrogens is 200 g/mol. The monoisotopic (exact) mass is 214 g/mol. The summed E-state index contributed by atoms with van der Waals surface area (Å²) in [7, 11) is 1.39. The Bertz CT molecular complexity index is 299. The van der Waals surface area contributed by atoms with Crippen LogP contribution in [0.5, 0.6) is 5.75 Å². The molecule has 0 atom stereocenters. The van der Waals surface area contributed by atoms with Gasteiger partial charge in [0.1, 0.15) is 5.75 Å². The van der Waals surface area contributed by atoms with Crippen LogP contribution in [0.15, 0.2) is 12.1 Å². The molecule has 0 heterocycles. The van der Waals surface area contributed by atoms with Crippen molar-refractivity contribution in [2.75, 3.05) is 12.6 Å². The Balaban J connectivity index is 3.13. The Labute approximate surface area is 86.9 Å². The zero-order chi connectivity index (χ0) is 9.84. The molecule has 3 heteroatoms. The van der Waals surface area contributed by atoms with Crippen LogP contribution >= 0.6 is 11.6 Å². The van der Waals surface area contributed by atoms with Crippen molar-refractivity contribution >= 4 is 26.3 Å². The van der Waals surface area contributed by atoms with Crippen LogP contribution in [0, 0.1) is 13.8 Å². The molecule has 0 aromatic heterocycles. The van der Waals surface area contributed by atoms with Crippen molar-refractivity contribution in [2.45, 2.75) is 13.8 Å². The lowest BCUT2D eigenvalue weighted by Crippen LogP contribution is -2.19. The van der Waals surface area contributed by atoms with E-state index < -0.39 is 0 Å². The first-order valence-corrected chi connectivity index (χ1v) is 6.64.